The van der Waals surface area contributed by atoms with Crippen molar-refractivity contribution in [3.63, 3.8) is 0 Å². The smallest absolute Gasteiger partial charge is 0.261 e. The topological polar surface area (TPSA) is 109 Å². The second-order valence-corrected chi connectivity index (χ2v) is 12.4. The summed E-state index contributed by atoms with van der Waals surface area (Å²) in [6.07, 6.45) is 9.07. The number of para-hydroxylation sites is 1. The van der Waals surface area contributed by atoms with Gasteiger partial charge in [0.1, 0.15) is 0 Å². The SMILES string of the molecule is Cn1cc(-c2nc(N[C@@H]3CCC[C@H](NC(=O)[C@H]4CC[C@@H](N5C(=O)c6ccccc6C5=O)C4)C3)ncc2Cl)c2ccccc21. The number of hydrogen-bond donors (Lipinski definition) is 2. The quantitative estimate of drug-likeness (QED) is 0.281. The summed E-state index contributed by atoms with van der Waals surface area (Å²) in [5.41, 5.74) is 3.65. The molecule has 3 aliphatic rings. The van der Waals surface area contributed by atoms with E-state index >= 15 is 0 Å². The monoisotopic (exact) mass is 596 g/mol. The fourth-order valence-electron chi connectivity index (χ4n) is 7.08. The molecule has 3 amide bonds. The maximum Gasteiger partial charge on any atom is 0.261 e. The second kappa shape index (κ2) is 11.1. The van der Waals surface area contributed by atoms with Crippen molar-refractivity contribution in [2.75, 3.05) is 5.32 Å². The van der Waals surface area contributed by atoms with E-state index in [1.54, 1.807) is 30.5 Å². The molecular weight excluding hydrogens is 564 g/mol. The molecule has 0 bridgehead atoms. The number of nitrogens with one attached hydrogen (secondary N) is 2. The number of fused-ring (bicyclic) bond motifs is 2. The van der Waals surface area contributed by atoms with Gasteiger partial charge < -0.3 is 15.2 Å². The summed E-state index contributed by atoms with van der Waals surface area (Å²) in [5, 5.41) is 8.32. The summed E-state index contributed by atoms with van der Waals surface area (Å²) < 4.78 is 2.07. The van der Waals surface area contributed by atoms with E-state index in [2.05, 4.69) is 32.3 Å². The Kier molecular flexibility index (Phi) is 7.13. The molecule has 0 unspecified atom stereocenters. The normalized spacial score (nSPS) is 23.5. The molecule has 9 nitrogen and oxygen atoms in total. The van der Waals surface area contributed by atoms with Crippen molar-refractivity contribution < 1.29 is 14.4 Å². The average Bonchev–Trinajstić information content (AvgIpc) is 3.70. The van der Waals surface area contributed by atoms with E-state index in [1.165, 1.54) is 4.90 Å². The lowest BCUT2D eigenvalue weighted by Crippen LogP contribution is -2.44. The number of imide groups is 1. The maximum absolute atomic E-state index is 13.3. The first-order valence-corrected chi connectivity index (χ1v) is 15.4. The standard InChI is InChI=1S/C33H33ClN6O3/c1-39-18-26(23-9-4-5-12-28(23)39)29-27(34)17-35-33(38-29)37-21-8-6-7-20(16-21)36-30(41)19-13-14-22(15-19)40-31(42)24-10-2-3-11-25(24)32(40)43/h2-5,9-12,17-22H,6-8,13-16H2,1H3,(H,36,41)(H,35,37,38)/t19-,20-,21+,22+/m0/s1. The van der Waals surface area contributed by atoms with Crippen LogP contribution in [0.5, 0.6) is 0 Å². The molecule has 43 heavy (non-hydrogen) atoms. The maximum atomic E-state index is 13.3. The molecule has 1 aliphatic heterocycles. The van der Waals surface area contributed by atoms with Crippen LogP contribution in [0, 0.1) is 5.92 Å². The van der Waals surface area contributed by atoms with Gasteiger partial charge in [-0.2, -0.15) is 0 Å². The minimum atomic E-state index is -0.249. The summed E-state index contributed by atoms with van der Waals surface area (Å²) in [6.45, 7) is 0. The number of halogens is 1. The van der Waals surface area contributed by atoms with Crippen LogP contribution >= 0.6 is 11.6 Å². The Bertz CT molecular complexity index is 1720. The number of rotatable bonds is 6. The highest BCUT2D eigenvalue weighted by Gasteiger charge is 2.44. The minimum Gasteiger partial charge on any atom is -0.353 e. The van der Waals surface area contributed by atoms with Gasteiger partial charge in [-0.05, 0) is 63.1 Å². The van der Waals surface area contributed by atoms with Crippen LogP contribution in [0.25, 0.3) is 22.2 Å². The van der Waals surface area contributed by atoms with E-state index in [4.69, 9.17) is 16.6 Å². The van der Waals surface area contributed by atoms with Crippen molar-refractivity contribution in [3.05, 3.63) is 77.1 Å². The molecule has 3 heterocycles. The fraction of sp³-hybridized carbons (Fsp3) is 0.364. The highest BCUT2D eigenvalue weighted by atomic mass is 35.5. The number of aromatic nitrogens is 3. The van der Waals surface area contributed by atoms with E-state index < -0.39 is 0 Å². The highest BCUT2D eigenvalue weighted by molar-refractivity contribution is 6.33. The van der Waals surface area contributed by atoms with Crippen LogP contribution in [0.15, 0.2) is 60.9 Å². The number of amides is 3. The molecule has 2 aliphatic carbocycles. The molecule has 220 valence electrons. The molecule has 2 N–H and O–H groups in total. The van der Waals surface area contributed by atoms with Crippen LogP contribution in [0.4, 0.5) is 5.95 Å². The average molecular weight is 597 g/mol. The zero-order chi connectivity index (χ0) is 29.7. The molecule has 4 atom stereocenters. The second-order valence-electron chi connectivity index (χ2n) is 12.0. The summed E-state index contributed by atoms with van der Waals surface area (Å²) >= 11 is 6.57. The van der Waals surface area contributed by atoms with Crippen LogP contribution in [-0.2, 0) is 11.8 Å². The van der Waals surface area contributed by atoms with E-state index in [0.29, 0.717) is 47.1 Å². The lowest BCUT2D eigenvalue weighted by atomic mass is 9.90. The lowest BCUT2D eigenvalue weighted by Gasteiger charge is -2.31. The Morgan fingerprint density at radius 3 is 2.42 bits per heavy atom. The number of carbonyl (C=O) groups is 3. The van der Waals surface area contributed by atoms with Gasteiger partial charge in [-0.3, -0.25) is 19.3 Å². The third-order valence-corrected chi connectivity index (χ3v) is 9.49. The highest BCUT2D eigenvalue weighted by Crippen LogP contribution is 2.36. The van der Waals surface area contributed by atoms with Crippen molar-refractivity contribution in [2.24, 2.45) is 13.0 Å². The van der Waals surface area contributed by atoms with Gasteiger partial charge >= 0.3 is 0 Å². The zero-order valence-corrected chi connectivity index (χ0v) is 24.7. The van der Waals surface area contributed by atoms with Gasteiger partial charge in [0.25, 0.3) is 11.8 Å². The van der Waals surface area contributed by atoms with Crippen molar-refractivity contribution in [2.45, 2.75) is 63.1 Å². The molecule has 10 heteroatoms. The first-order valence-electron chi connectivity index (χ1n) is 15.0. The molecule has 2 fully saturated rings. The molecule has 2 aromatic heterocycles. The van der Waals surface area contributed by atoms with Crippen LogP contribution in [0.2, 0.25) is 5.02 Å². The van der Waals surface area contributed by atoms with E-state index in [9.17, 15) is 14.4 Å². The summed E-state index contributed by atoms with van der Waals surface area (Å²) in [4.78, 5) is 49.8. The van der Waals surface area contributed by atoms with E-state index in [-0.39, 0.29) is 41.8 Å². The number of aryl methyl sites for hydroxylation is 1. The molecule has 4 aromatic rings. The van der Waals surface area contributed by atoms with Crippen LogP contribution < -0.4 is 10.6 Å². The fourth-order valence-corrected chi connectivity index (χ4v) is 7.27. The van der Waals surface area contributed by atoms with Gasteiger partial charge in [0.05, 0.1) is 28.0 Å². The Morgan fingerprint density at radius 1 is 0.907 bits per heavy atom. The molecule has 2 aromatic carbocycles. The van der Waals surface area contributed by atoms with Crippen LogP contribution in [-0.4, -0.2) is 55.3 Å². The first-order chi connectivity index (χ1) is 20.9. The largest absolute Gasteiger partial charge is 0.353 e. The first kappa shape index (κ1) is 27.6. The zero-order valence-electron chi connectivity index (χ0n) is 23.9. The molecule has 7 rings (SSSR count). The molecule has 2 saturated carbocycles. The van der Waals surface area contributed by atoms with Crippen molar-refractivity contribution in [3.8, 4) is 11.3 Å². The van der Waals surface area contributed by atoms with Crippen molar-refractivity contribution >= 4 is 46.2 Å². The van der Waals surface area contributed by atoms with Crippen LogP contribution in [0.3, 0.4) is 0 Å². The molecule has 0 radical (unpaired) electrons. The van der Waals surface area contributed by atoms with Gasteiger partial charge in [0.15, 0.2) is 0 Å². The Labute approximate surface area is 254 Å². The van der Waals surface area contributed by atoms with Crippen molar-refractivity contribution in [1.82, 2.24) is 24.8 Å². The van der Waals surface area contributed by atoms with Gasteiger partial charge in [-0.15, -0.1) is 0 Å². The van der Waals surface area contributed by atoms with Gasteiger partial charge in [0, 0.05) is 53.8 Å². The predicted molar refractivity (Wildman–Crippen MR) is 165 cm³/mol. The Balaban J connectivity index is 0.981. The van der Waals surface area contributed by atoms with Crippen LogP contribution in [0.1, 0.15) is 65.7 Å². The molecule has 0 spiro atoms. The number of anilines is 1. The number of carbonyl (C=O) groups excluding carboxylic acids is 3. The molecule has 0 saturated heterocycles. The van der Waals surface area contributed by atoms with Gasteiger partial charge in [-0.25, -0.2) is 9.97 Å². The summed E-state index contributed by atoms with van der Waals surface area (Å²) in [6, 6.07) is 15.0. The third-order valence-electron chi connectivity index (χ3n) is 9.22. The Morgan fingerprint density at radius 2 is 1.63 bits per heavy atom. The van der Waals surface area contributed by atoms with Gasteiger partial charge in [-0.1, -0.05) is 41.9 Å². The van der Waals surface area contributed by atoms with E-state index in [1.807, 2.05) is 25.4 Å². The predicted octanol–water partition coefficient (Wildman–Crippen LogP) is 5.59. The number of benzene rings is 2. The van der Waals surface area contributed by atoms with Gasteiger partial charge in [0.2, 0.25) is 11.9 Å². The number of hydrogen-bond acceptors (Lipinski definition) is 6. The Hall–Kier alpha value is -4.24. The lowest BCUT2D eigenvalue weighted by molar-refractivity contribution is -0.125. The summed E-state index contributed by atoms with van der Waals surface area (Å²) in [7, 11) is 2.01. The molecular formula is C33H33ClN6O3. The number of nitrogens with zero attached hydrogens (tertiary/aromatic N) is 4. The minimum absolute atomic E-state index is 0.00532. The van der Waals surface area contributed by atoms with Crippen molar-refractivity contribution in [1.29, 1.82) is 0 Å². The third kappa shape index (κ3) is 5.05. The van der Waals surface area contributed by atoms with E-state index in [0.717, 1.165) is 42.1 Å². The summed E-state index contributed by atoms with van der Waals surface area (Å²) in [5.74, 6) is -0.193.